The fourth-order valence-corrected chi connectivity index (χ4v) is 4.69. The average Bonchev–Trinajstić information content (AvgIpc) is 2.69. The van der Waals surface area contributed by atoms with Crippen molar-refractivity contribution in [2.45, 2.75) is 27.7 Å². The Labute approximate surface area is 189 Å². The van der Waals surface area contributed by atoms with Crippen LogP contribution < -0.4 is 14.8 Å². The zero-order valence-corrected chi connectivity index (χ0v) is 20.3. The van der Waals surface area contributed by atoms with E-state index in [-0.39, 0.29) is 41.2 Å². The molecular weight excluding hydrogens is 487 g/mol. The fraction of sp³-hybridized carbons (Fsp3) is 0.273. The molecular formula is C22H24BrO7P. The highest BCUT2D eigenvalue weighted by Crippen LogP contribution is 2.52. The van der Waals surface area contributed by atoms with Gasteiger partial charge in [0.15, 0.2) is 5.75 Å². The summed E-state index contributed by atoms with van der Waals surface area (Å²) >= 11 is 3.38. The second-order valence-electron chi connectivity index (χ2n) is 6.59. The van der Waals surface area contributed by atoms with E-state index in [0.717, 1.165) is 0 Å². The lowest BCUT2D eigenvalue weighted by atomic mass is 10.1. The maximum Gasteiger partial charge on any atom is 0.365 e. The summed E-state index contributed by atoms with van der Waals surface area (Å²) in [4.78, 5) is 24.6. The van der Waals surface area contributed by atoms with Crippen molar-refractivity contribution in [1.29, 1.82) is 0 Å². The smallest absolute Gasteiger partial charge is 0.365 e. The minimum absolute atomic E-state index is 0.0177. The van der Waals surface area contributed by atoms with Crippen LogP contribution in [0.4, 0.5) is 0 Å². The van der Waals surface area contributed by atoms with E-state index in [1.807, 2.05) is 0 Å². The van der Waals surface area contributed by atoms with Crippen LogP contribution in [-0.2, 0) is 23.2 Å². The van der Waals surface area contributed by atoms with Gasteiger partial charge in [-0.1, -0.05) is 29.1 Å². The molecule has 0 unspecified atom stereocenters. The summed E-state index contributed by atoms with van der Waals surface area (Å²) in [5.41, 5.74) is 0.330. The molecule has 0 amide bonds. The zero-order chi connectivity index (χ0) is 23.3. The summed E-state index contributed by atoms with van der Waals surface area (Å²) in [7, 11) is -3.94. The first-order chi connectivity index (χ1) is 14.5. The van der Waals surface area contributed by atoms with E-state index in [2.05, 4.69) is 29.1 Å². The molecule has 0 bridgehead atoms. The Morgan fingerprint density at radius 3 is 2.00 bits per heavy atom. The van der Waals surface area contributed by atoms with Crippen molar-refractivity contribution in [3.05, 3.63) is 53.0 Å². The number of hydrogen-bond donors (Lipinski definition) is 0. The molecule has 0 aromatic heterocycles. The highest BCUT2D eigenvalue weighted by Gasteiger charge is 2.34. The van der Waals surface area contributed by atoms with Crippen molar-refractivity contribution < 1.29 is 32.7 Å². The molecule has 7 nitrogen and oxygen atoms in total. The van der Waals surface area contributed by atoms with Crippen LogP contribution in [0.15, 0.2) is 53.0 Å². The van der Waals surface area contributed by atoms with Gasteiger partial charge in [0, 0.05) is 32.5 Å². The van der Waals surface area contributed by atoms with Gasteiger partial charge in [0.1, 0.15) is 11.1 Å². The second-order valence-corrected chi connectivity index (χ2v) is 9.49. The van der Waals surface area contributed by atoms with Crippen LogP contribution in [0, 0.1) is 0 Å². The first-order valence-corrected chi connectivity index (χ1v) is 11.8. The SMILES string of the molecule is C=C(C)C(=O)Oc1cc(P(=O)(OCC)OCC)c(OC(=O)C(=C)C)c2ccc(Br)cc12. The lowest BCUT2D eigenvalue weighted by molar-refractivity contribution is -0.131. The van der Waals surface area contributed by atoms with Crippen LogP contribution in [0.5, 0.6) is 11.5 Å². The summed E-state index contributed by atoms with van der Waals surface area (Å²) in [6.45, 7) is 13.6. The molecule has 2 aromatic rings. The first kappa shape index (κ1) is 25.0. The second kappa shape index (κ2) is 10.4. The normalized spacial score (nSPS) is 11.3. The van der Waals surface area contributed by atoms with Gasteiger partial charge in [-0.2, -0.15) is 0 Å². The fourth-order valence-electron chi connectivity index (χ4n) is 2.60. The minimum atomic E-state index is -3.94. The van der Waals surface area contributed by atoms with Crippen LogP contribution in [0.25, 0.3) is 10.8 Å². The van der Waals surface area contributed by atoms with Crippen LogP contribution in [-0.4, -0.2) is 25.2 Å². The molecule has 9 heteroatoms. The van der Waals surface area contributed by atoms with Gasteiger partial charge in [-0.05, 0) is 45.9 Å². The lowest BCUT2D eigenvalue weighted by Crippen LogP contribution is -2.20. The van der Waals surface area contributed by atoms with Crippen LogP contribution in [0.1, 0.15) is 27.7 Å². The predicted octanol–water partition coefficient (Wildman–Crippen LogP) is 5.46. The highest BCUT2D eigenvalue weighted by atomic mass is 79.9. The quantitative estimate of drug-likeness (QED) is 0.191. The number of esters is 2. The number of hydrogen-bond acceptors (Lipinski definition) is 7. The van der Waals surface area contributed by atoms with E-state index in [1.165, 1.54) is 19.9 Å². The lowest BCUT2D eigenvalue weighted by Gasteiger charge is -2.22. The average molecular weight is 511 g/mol. The largest absolute Gasteiger partial charge is 0.422 e. The number of fused-ring (bicyclic) bond motifs is 1. The van der Waals surface area contributed by atoms with Gasteiger partial charge < -0.3 is 18.5 Å². The predicted molar refractivity (Wildman–Crippen MR) is 123 cm³/mol. The number of halogens is 1. The van der Waals surface area contributed by atoms with Gasteiger partial charge in [0.05, 0.1) is 13.2 Å². The van der Waals surface area contributed by atoms with Gasteiger partial charge >= 0.3 is 19.5 Å². The Balaban J connectivity index is 2.93. The number of carbonyl (C=O) groups is 2. The third-order valence-corrected chi connectivity index (χ3v) is 6.59. The maximum atomic E-state index is 13.6. The van der Waals surface area contributed by atoms with Crippen molar-refractivity contribution in [2.75, 3.05) is 13.2 Å². The van der Waals surface area contributed by atoms with E-state index in [1.54, 1.807) is 32.0 Å². The van der Waals surface area contributed by atoms with E-state index >= 15 is 0 Å². The molecule has 0 aliphatic heterocycles. The van der Waals surface area contributed by atoms with Gasteiger partial charge in [-0.3, -0.25) is 4.57 Å². The Hall–Kier alpha value is -2.25. The molecule has 0 saturated carbocycles. The molecule has 0 spiro atoms. The Kier molecular flexibility index (Phi) is 8.37. The number of benzene rings is 2. The van der Waals surface area contributed by atoms with Gasteiger partial charge in [0.2, 0.25) is 0 Å². The number of carbonyl (C=O) groups excluding carboxylic acids is 2. The Bertz CT molecular complexity index is 1100. The van der Waals surface area contributed by atoms with Crippen LogP contribution >= 0.6 is 23.5 Å². The van der Waals surface area contributed by atoms with Crippen LogP contribution in [0.3, 0.4) is 0 Å². The molecule has 0 saturated heterocycles. The van der Waals surface area contributed by atoms with E-state index in [4.69, 9.17) is 18.5 Å². The Morgan fingerprint density at radius 2 is 1.48 bits per heavy atom. The zero-order valence-electron chi connectivity index (χ0n) is 17.8. The molecule has 31 heavy (non-hydrogen) atoms. The molecule has 2 aromatic carbocycles. The molecule has 0 atom stereocenters. The summed E-state index contributed by atoms with van der Waals surface area (Å²) in [5.74, 6) is -1.30. The molecule has 0 N–H and O–H groups in total. The summed E-state index contributed by atoms with van der Waals surface area (Å²) in [5, 5.41) is 0.779. The molecule has 0 radical (unpaired) electrons. The van der Waals surface area contributed by atoms with Crippen molar-refractivity contribution in [3.63, 3.8) is 0 Å². The molecule has 0 aliphatic carbocycles. The van der Waals surface area contributed by atoms with Crippen molar-refractivity contribution in [2.24, 2.45) is 0 Å². The van der Waals surface area contributed by atoms with Crippen molar-refractivity contribution in [1.82, 2.24) is 0 Å². The van der Waals surface area contributed by atoms with Gasteiger partial charge in [-0.25, -0.2) is 9.59 Å². The number of ether oxygens (including phenoxy) is 2. The molecule has 0 heterocycles. The van der Waals surface area contributed by atoms with Gasteiger partial charge in [-0.15, -0.1) is 0 Å². The summed E-state index contributed by atoms with van der Waals surface area (Å²) in [6, 6.07) is 6.37. The highest BCUT2D eigenvalue weighted by molar-refractivity contribution is 9.10. The summed E-state index contributed by atoms with van der Waals surface area (Å²) in [6.07, 6.45) is 0. The first-order valence-electron chi connectivity index (χ1n) is 9.45. The van der Waals surface area contributed by atoms with Crippen molar-refractivity contribution >= 4 is 51.5 Å². The van der Waals surface area contributed by atoms with E-state index in [0.29, 0.717) is 15.2 Å². The monoisotopic (exact) mass is 510 g/mol. The standard InChI is InChI=1S/C22H24BrO7P/c1-7-27-31(26,28-8-2)19-12-18(29-21(24)13(3)4)17-11-15(23)9-10-16(17)20(19)30-22(25)14(5)6/h9-12H,3,5,7-8H2,1-2,4,6H3. The third kappa shape index (κ3) is 5.71. The van der Waals surface area contributed by atoms with Gasteiger partial charge in [0.25, 0.3) is 0 Å². The number of rotatable bonds is 9. The van der Waals surface area contributed by atoms with E-state index in [9.17, 15) is 14.2 Å². The van der Waals surface area contributed by atoms with Crippen molar-refractivity contribution in [3.8, 4) is 11.5 Å². The topological polar surface area (TPSA) is 88.1 Å². The third-order valence-electron chi connectivity index (χ3n) is 3.98. The molecule has 0 fully saturated rings. The maximum absolute atomic E-state index is 13.6. The molecule has 2 rings (SSSR count). The Morgan fingerprint density at radius 1 is 0.935 bits per heavy atom. The molecule has 166 valence electrons. The minimum Gasteiger partial charge on any atom is -0.422 e. The molecule has 0 aliphatic rings. The van der Waals surface area contributed by atoms with Crippen LogP contribution in [0.2, 0.25) is 0 Å². The van der Waals surface area contributed by atoms with E-state index < -0.39 is 19.5 Å². The summed E-state index contributed by atoms with van der Waals surface area (Å²) < 4.78 is 36.3.